The highest BCUT2D eigenvalue weighted by molar-refractivity contribution is 6.29. The van der Waals surface area contributed by atoms with Crippen molar-refractivity contribution in [2.24, 2.45) is 0 Å². The van der Waals surface area contributed by atoms with Gasteiger partial charge in [-0.2, -0.15) is 0 Å². The van der Waals surface area contributed by atoms with Crippen LogP contribution in [0.5, 0.6) is 5.75 Å². The quantitative estimate of drug-likeness (QED) is 0.174. The molecule has 0 saturated heterocycles. The number of hydrogen-bond acceptors (Lipinski definition) is 2. The van der Waals surface area contributed by atoms with Crippen molar-refractivity contribution in [3.05, 3.63) is 203 Å². The van der Waals surface area contributed by atoms with Crippen LogP contribution in [0.15, 0.2) is 168 Å². The molecular formula is C60H42N2O2. The maximum Gasteiger partial charge on any atom is 0.136 e. The lowest BCUT2D eigenvalue weighted by Crippen LogP contribution is -2.21. The zero-order valence-corrected chi connectivity index (χ0v) is 36.0. The second-order valence-electron chi connectivity index (χ2n) is 19.5. The van der Waals surface area contributed by atoms with Crippen LogP contribution < -0.4 is 4.74 Å². The van der Waals surface area contributed by atoms with Gasteiger partial charge >= 0.3 is 0 Å². The molecule has 3 aromatic heterocycles. The van der Waals surface area contributed by atoms with Gasteiger partial charge in [-0.3, -0.25) is 0 Å². The summed E-state index contributed by atoms with van der Waals surface area (Å²) in [4.78, 5) is 0. The molecule has 0 N–H and O–H groups in total. The molecule has 4 heterocycles. The summed E-state index contributed by atoms with van der Waals surface area (Å²) in [5.74, 6) is 1.01. The molecule has 64 heavy (non-hydrogen) atoms. The number of aromatic nitrogens is 2. The van der Waals surface area contributed by atoms with Gasteiger partial charge < -0.3 is 18.3 Å². The molecule has 3 aliphatic carbocycles. The van der Waals surface area contributed by atoms with Gasteiger partial charge in [0.05, 0.1) is 39.5 Å². The van der Waals surface area contributed by atoms with Gasteiger partial charge in [0, 0.05) is 54.5 Å². The molecule has 0 radical (unpaired) electrons. The van der Waals surface area contributed by atoms with Crippen LogP contribution in [-0.2, 0) is 10.8 Å². The van der Waals surface area contributed by atoms with Gasteiger partial charge in [0.25, 0.3) is 0 Å². The minimum atomic E-state index is -0.143. The molecule has 0 spiro atoms. The summed E-state index contributed by atoms with van der Waals surface area (Å²) in [6.07, 6.45) is 4.55. The molecule has 11 aromatic rings. The van der Waals surface area contributed by atoms with E-state index in [4.69, 9.17) is 9.15 Å². The molecule has 2 atom stereocenters. The number of ether oxygens (including phenoxy) is 1. The number of fused-ring (bicyclic) bond motifs is 20. The zero-order chi connectivity index (χ0) is 42.4. The van der Waals surface area contributed by atoms with Crippen LogP contribution in [0.2, 0.25) is 0 Å². The Bertz CT molecular complexity index is 3960. The molecular weight excluding hydrogens is 781 g/mol. The molecule has 0 saturated carbocycles. The standard InChI is InChI=1S/C60H42N2O2/c1-59(2)39-19-9-5-15-33(39)53-41(59)21-13-23-43(53)61-45-27-29-51-57(35-17-7-11-25-49(35)63-51)55(45)37-31-38-48(32-47(37)61)62(46-28-30-52-58(56(38)46)36-18-8-12-26-50(36)64-52)44-24-14-22-42-54(44)34-16-6-10-20-40(34)60(42,3)4/h5-32,51,57H,1-4H3. The second-order valence-corrected chi connectivity index (χ2v) is 19.5. The van der Waals surface area contributed by atoms with Crippen molar-refractivity contribution in [2.45, 2.75) is 50.5 Å². The Morgan fingerprint density at radius 2 is 1.11 bits per heavy atom. The van der Waals surface area contributed by atoms with Gasteiger partial charge in [0.2, 0.25) is 0 Å². The summed E-state index contributed by atoms with van der Waals surface area (Å²) in [5.41, 5.74) is 21.9. The summed E-state index contributed by atoms with van der Waals surface area (Å²) in [6, 6.07) is 58.6. The summed E-state index contributed by atoms with van der Waals surface area (Å²) in [6.45, 7) is 9.50. The molecule has 2 unspecified atom stereocenters. The fraction of sp³-hybridized carbons (Fsp3) is 0.133. The third-order valence-electron chi connectivity index (χ3n) is 15.7. The van der Waals surface area contributed by atoms with Crippen LogP contribution in [0.3, 0.4) is 0 Å². The average Bonchev–Trinajstić information content (AvgIpc) is 4.14. The maximum atomic E-state index is 6.77. The maximum absolute atomic E-state index is 6.77. The predicted octanol–water partition coefficient (Wildman–Crippen LogP) is 15.2. The van der Waals surface area contributed by atoms with Crippen LogP contribution >= 0.6 is 0 Å². The highest BCUT2D eigenvalue weighted by atomic mass is 16.5. The van der Waals surface area contributed by atoms with Crippen molar-refractivity contribution in [1.29, 1.82) is 0 Å². The SMILES string of the molecule is CC1(C)c2ccccc2-c2c(-n3c4c(c5cc6c7c8c(ccc7n(-c7cccc9c7-c7ccccc7C9(C)C)c6cc53)oc3ccccc38)C3c5ccccc5OC3C=C4)cccc21. The summed E-state index contributed by atoms with van der Waals surface area (Å²) in [7, 11) is 0. The first-order valence-electron chi connectivity index (χ1n) is 22.7. The Morgan fingerprint density at radius 3 is 1.86 bits per heavy atom. The van der Waals surface area contributed by atoms with Crippen molar-refractivity contribution in [3.63, 3.8) is 0 Å². The van der Waals surface area contributed by atoms with Crippen LogP contribution in [0.25, 0.3) is 94.4 Å². The molecule has 0 amide bonds. The third-order valence-corrected chi connectivity index (χ3v) is 15.7. The van der Waals surface area contributed by atoms with Crippen LogP contribution in [0.4, 0.5) is 0 Å². The van der Waals surface area contributed by atoms with E-state index in [1.54, 1.807) is 0 Å². The van der Waals surface area contributed by atoms with Crippen molar-refractivity contribution in [1.82, 2.24) is 9.13 Å². The van der Waals surface area contributed by atoms with E-state index < -0.39 is 0 Å². The van der Waals surface area contributed by atoms with E-state index in [0.29, 0.717) is 0 Å². The normalized spacial score (nSPS) is 18.0. The van der Waals surface area contributed by atoms with E-state index in [9.17, 15) is 0 Å². The molecule has 304 valence electrons. The molecule has 1 aliphatic heterocycles. The summed E-state index contributed by atoms with van der Waals surface area (Å²) < 4.78 is 18.6. The van der Waals surface area contributed by atoms with Gasteiger partial charge in [-0.05, 0) is 99.6 Å². The summed E-state index contributed by atoms with van der Waals surface area (Å²) >= 11 is 0. The third kappa shape index (κ3) is 4.11. The lowest BCUT2D eigenvalue weighted by molar-refractivity contribution is 0.267. The molecule has 4 aliphatic rings. The number of para-hydroxylation sites is 2. The number of hydrogen-bond donors (Lipinski definition) is 0. The topological polar surface area (TPSA) is 32.2 Å². The average molecular weight is 823 g/mol. The Balaban J connectivity index is 1.15. The van der Waals surface area contributed by atoms with Crippen LogP contribution in [0, 0.1) is 0 Å². The van der Waals surface area contributed by atoms with E-state index in [0.717, 1.165) is 27.7 Å². The Hall–Kier alpha value is -7.56. The predicted molar refractivity (Wildman–Crippen MR) is 262 cm³/mol. The lowest BCUT2D eigenvalue weighted by atomic mass is 9.82. The van der Waals surface area contributed by atoms with Gasteiger partial charge in [-0.15, -0.1) is 0 Å². The molecule has 4 nitrogen and oxygen atoms in total. The number of nitrogens with zero attached hydrogens (tertiary/aromatic N) is 2. The van der Waals surface area contributed by atoms with Gasteiger partial charge in [0.15, 0.2) is 0 Å². The van der Waals surface area contributed by atoms with E-state index in [-0.39, 0.29) is 22.9 Å². The zero-order valence-electron chi connectivity index (χ0n) is 36.0. The van der Waals surface area contributed by atoms with Crippen molar-refractivity contribution in [3.8, 4) is 39.4 Å². The first-order chi connectivity index (χ1) is 31.3. The van der Waals surface area contributed by atoms with Gasteiger partial charge in [0.1, 0.15) is 23.0 Å². The Labute approximate surface area is 370 Å². The van der Waals surface area contributed by atoms with E-state index in [2.05, 4.69) is 207 Å². The van der Waals surface area contributed by atoms with E-state index >= 15 is 0 Å². The van der Waals surface area contributed by atoms with Crippen LogP contribution in [-0.4, -0.2) is 15.2 Å². The summed E-state index contributed by atoms with van der Waals surface area (Å²) in [5, 5.41) is 5.97. The van der Waals surface area contributed by atoms with Crippen molar-refractivity contribution < 1.29 is 9.15 Å². The molecule has 4 heteroatoms. The van der Waals surface area contributed by atoms with Gasteiger partial charge in [-0.1, -0.05) is 137 Å². The number of benzene rings is 8. The molecule has 0 bridgehead atoms. The van der Waals surface area contributed by atoms with E-state index in [1.807, 2.05) is 0 Å². The monoisotopic (exact) mass is 822 g/mol. The first kappa shape index (κ1) is 35.0. The van der Waals surface area contributed by atoms with Crippen LogP contribution in [0.1, 0.15) is 72.7 Å². The number of furan rings is 1. The van der Waals surface area contributed by atoms with Crippen molar-refractivity contribution in [2.75, 3.05) is 0 Å². The fourth-order valence-corrected chi connectivity index (χ4v) is 12.9. The fourth-order valence-electron chi connectivity index (χ4n) is 12.9. The minimum Gasteiger partial charge on any atom is -0.485 e. The highest BCUT2D eigenvalue weighted by Crippen LogP contribution is 2.56. The minimum absolute atomic E-state index is 0.0390. The lowest BCUT2D eigenvalue weighted by Gasteiger charge is -2.23. The molecule has 8 aromatic carbocycles. The largest absolute Gasteiger partial charge is 0.485 e. The molecule has 0 fully saturated rings. The van der Waals surface area contributed by atoms with Gasteiger partial charge in [-0.25, -0.2) is 0 Å². The van der Waals surface area contributed by atoms with Crippen molar-refractivity contribution >= 4 is 60.7 Å². The first-order valence-corrected chi connectivity index (χ1v) is 22.7. The number of rotatable bonds is 2. The Morgan fingerprint density at radius 1 is 0.484 bits per heavy atom. The Kier molecular flexibility index (Phi) is 6.40. The highest BCUT2D eigenvalue weighted by Gasteiger charge is 2.43. The van der Waals surface area contributed by atoms with E-state index in [1.165, 1.54) is 105 Å². The smallest absolute Gasteiger partial charge is 0.136 e. The second kappa shape index (κ2) is 11.7. The molecule has 15 rings (SSSR count).